The predicted molar refractivity (Wildman–Crippen MR) is 51.0 cm³/mol. The topological polar surface area (TPSA) is 66.8 Å². The van der Waals surface area contributed by atoms with Crippen molar-refractivity contribution < 1.29 is 18.9 Å². The smallest absolute Gasteiger partial charge is 0.409 e. The molecule has 4 nitrogen and oxygen atoms in total. The lowest BCUT2D eigenvalue weighted by molar-refractivity contribution is 0.240. The van der Waals surface area contributed by atoms with Crippen molar-refractivity contribution in [3.8, 4) is 0 Å². The van der Waals surface area contributed by atoms with Crippen LogP contribution in [0, 0.1) is 0 Å². The molecule has 0 unspecified atom stereocenters. The molecule has 0 saturated carbocycles. The van der Waals surface area contributed by atoms with E-state index in [4.69, 9.17) is 9.79 Å². The summed E-state index contributed by atoms with van der Waals surface area (Å²) in [4.78, 5) is 17.0. The van der Waals surface area contributed by atoms with E-state index in [1.54, 1.807) is 6.92 Å². The Labute approximate surface area is 78.9 Å². The molecule has 0 bridgehead atoms. The number of unbranched alkanes of at least 4 members (excludes halogenated alkanes) is 1. The van der Waals surface area contributed by atoms with Gasteiger partial charge in [0.2, 0.25) is 0 Å². The lowest BCUT2D eigenvalue weighted by atomic mass is 10.1. The van der Waals surface area contributed by atoms with E-state index in [0.29, 0.717) is 5.76 Å². The Morgan fingerprint density at radius 1 is 1.38 bits per heavy atom. The Morgan fingerprint density at radius 3 is 2.31 bits per heavy atom. The SMILES string of the molecule is CCCCC(C)=C(C)OP(=O)(O)O. The van der Waals surface area contributed by atoms with E-state index < -0.39 is 7.82 Å². The molecule has 0 heterocycles. The number of allylic oxidation sites excluding steroid dienone is 2. The summed E-state index contributed by atoms with van der Waals surface area (Å²) >= 11 is 0. The minimum Gasteiger partial charge on any atom is -0.409 e. The van der Waals surface area contributed by atoms with Gasteiger partial charge in [0.05, 0.1) is 0 Å². The van der Waals surface area contributed by atoms with E-state index in [1.807, 2.05) is 6.92 Å². The summed E-state index contributed by atoms with van der Waals surface area (Å²) in [6.07, 6.45) is 2.89. The molecule has 13 heavy (non-hydrogen) atoms. The van der Waals surface area contributed by atoms with Crippen LogP contribution in [0.1, 0.15) is 40.0 Å². The van der Waals surface area contributed by atoms with Gasteiger partial charge in [-0.15, -0.1) is 0 Å². The van der Waals surface area contributed by atoms with E-state index in [2.05, 4.69) is 11.4 Å². The molecule has 5 heteroatoms. The van der Waals surface area contributed by atoms with Crippen LogP contribution >= 0.6 is 7.82 Å². The normalized spacial score (nSPS) is 13.9. The third-order valence-electron chi connectivity index (χ3n) is 1.76. The Balaban J connectivity index is 4.19. The van der Waals surface area contributed by atoms with E-state index in [1.165, 1.54) is 0 Å². The van der Waals surface area contributed by atoms with Gasteiger partial charge in [-0.05, 0) is 32.3 Å². The van der Waals surface area contributed by atoms with Gasteiger partial charge in [-0.1, -0.05) is 13.3 Å². The summed E-state index contributed by atoms with van der Waals surface area (Å²) in [7, 11) is -4.37. The van der Waals surface area contributed by atoms with Gasteiger partial charge in [0, 0.05) is 0 Å². The largest absolute Gasteiger partial charge is 0.524 e. The van der Waals surface area contributed by atoms with E-state index in [0.717, 1.165) is 24.8 Å². The molecule has 0 aliphatic carbocycles. The van der Waals surface area contributed by atoms with Crippen LogP contribution in [0.4, 0.5) is 0 Å². The quantitative estimate of drug-likeness (QED) is 0.538. The number of phosphoric ester groups is 1. The average Bonchev–Trinajstić information content (AvgIpc) is 1.96. The first-order chi connectivity index (χ1) is 5.87. The minimum absolute atomic E-state index is 0.335. The fourth-order valence-corrected chi connectivity index (χ4v) is 1.39. The van der Waals surface area contributed by atoms with Crippen LogP contribution in [0.15, 0.2) is 11.3 Å². The van der Waals surface area contributed by atoms with Crippen molar-refractivity contribution >= 4 is 7.82 Å². The van der Waals surface area contributed by atoms with Crippen LogP contribution in [-0.4, -0.2) is 9.79 Å². The molecule has 78 valence electrons. The zero-order chi connectivity index (χ0) is 10.5. The Hall–Kier alpha value is -0.310. The molecule has 0 saturated heterocycles. The molecule has 0 aliphatic heterocycles. The van der Waals surface area contributed by atoms with Crippen LogP contribution in [0.25, 0.3) is 0 Å². The van der Waals surface area contributed by atoms with Crippen molar-refractivity contribution in [2.45, 2.75) is 40.0 Å². The summed E-state index contributed by atoms with van der Waals surface area (Å²) in [6, 6.07) is 0. The van der Waals surface area contributed by atoms with Crippen molar-refractivity contribution in [1.29, 1.82) is 0 Å². The fourth-order valence-electron chi connectivity index (χ4n) is 0.874. The minimum atomic E-state index is -4.37. The third-order valence-corrected chi connectivity index (χ3v) is 2.27. The standard InChI is InChI=1S/C8H17O4P/c1-4-5-6-7(2)8(3)12-13(9,10)11/h4-6H2,1-3H3,(H2,9,10,11). The van der Waals surface area contributed by atoms with Gasteiger partial charge in [0.15, 0.2) is 0 Å². The van der Waals surface area contributed by atoms with Crippen LogP contribution in [0.2, 0.25) is 0 Å². The van der Waals surface area contributed by atoms with Crippen LogP contribution in [0.5, 0.6) is 0 Å². The Kier molecular flexibility index (Phi) is 5.30. The second-order valence-corrected chi connectivity index (χ2v) is 4.19. The second-order valence-electron chi connectivity index (χ2n) is 3.02. The molecular weight excluding hydrogens is 191 g/mol. The van der Waals surface area contributed by atoms with Crippen molar-refractivity contribution in [1.82, 2.24) is 0 Å². The molecule has 0 aliphatic rings. The molecule has 0 aromatic heterocycles. The number of hydrogen-bond donors (Lipinski definition) is 2. The lowest BCUT2D eigenvalue weighted by Gasteiger charge is -2.10. The molecule has 0 atom stereocenters. The summed E-state index contributed by atoms with van der Waals surface area (Å²) in [5.74, 6) is 0.335. The molecular formula is C8H17O4P. The summed E-state index contributed by atoms with van der Waals surface area (Å²) in [6.45, 7) is 5.46. The van der Waals surface area contributed by atoms with Gasteiger partial charge >= 0.3 is 7.82 Å². The van der Waals surface area contributed by atoms with Crippen LogP contribution < -0.4 is 0 Å². The molecule has 0 rings (SSSR count). The highest BCUT2D eigenvalue weighted by Crippen LogP contribution is 2.39. The van der Waals surface area contributed by atoms with Crippen molar-refractivity contribution in [2.75, 3.05) is 0 Å². The van der Waals surface area contributed by atoms with E-state index in [-0.39, 0.29) is 0 Å². The maximum atomic E-state index is 10.5. The number of hydrogen-bond acceptors (Lipinski definition) is 2. The first kappa shape index (κ1) is 12.7. The molecule has 2 N–H and O–H groups in total. The molecule has 0 aromatic carbocycles. The zero-order valence-electron chi connectivity index (χ0n) is 8.28. The monoisotopic (exact) mass is 208 g/mol. The van der Waals surface area contributed by atoms with Crippen molar-refractivity contribution in [2.24, 2.45) is 0 Å². The van der Waals surface area contributed by atoms with Gasteiger partial charge in [0.25, 0.3) is 0 Å². The van der Waals surface area contributed by atoms with Crippen LogP contribution in [0.3, 0.4) is 0 Å². The maximum absolute atomic E-state index is 10.5. The molecule has 0 amide bonds. The first-order valence-corrected chi connectivity index (χ1v) is 5.81. The fraction of sp³-hybridized carbons (Fsp3) is 0.750. The number of rotatable bonds is 5. The van der Waals surface area contributed by atoms with E-state index >= 15 is 0 Å². The molecule has 0 spiro atoms. The van der Waals surface area contributed by atoms with Crippen molar-refractivity contribution in [3.63, 3.8) is 0 Å². The molecule has 0 aromatic rings. The van der Waals surface area contributed by atoms with E-state index in [9.17, 15) is 4.57 Å². The highest BCUT2D eigenvalue weighted by Gasteiger charge is 2.16. The molecule has 0 radical (unpaired) electrons. The third kappa shape index (κ3) is 6.82. The number of phosphoric acid groups is 1. The van der Waals surface area contributed by atoms with Gasteiger partial charge < -0.3 is 4.52 Å². The zero-order valence-corrected chi connectivity index (χ0v) is 9.17. The lowest BCUT2D eigenvalue weighted by Crippen LogP contribution is -1.90. The summed E-state index contributed by atoms with van der Waals surface area (Å²) in [5, 5.41) is 0. The van der Waals surface area contributed by atoms with Crippen LogP contribution in [-0.2, 0) is 9.09 Å². The average molecular weight is 208 g/mol. The molecule has 0 fully saturated rings. The van der Waals surface area contributed by atoms with Gasteiger partial charge in [-0.2, -0.15) is 0 Å². The highest BCUT2D eigenvalue weighted by molar-refractivity contribution is 7.46. The maximum Gasteiger partial charge on any atom is 0.524 e. The summed E-state index contributed by atoms with van der Waals surface area (Å²) in [5.41, 5.74) is 0.894. The van der Waals surface area contributed by atoms with Gasteiger partial charge in [0.1, 0.15) is 5.76 Å². The Morgan fingerprint density at radius 2 is 1.92 bits per heavy atom. The van der Waals surface area contributed by atoms with Gasteiger partial charge in [-0.3, -0.25) is 9.79 Å². The highest BCUT2D eigenvalue weighted by atomic mass is 31.2. The Bertz CT molecular complexity index is 228. The van der Waals surface area contributed by atoms with Crippen molar-refractivity contribution in [3.05, 3.63) is 11.3 Å². The summed E-state index contributed by atoms with van der Waals surface area (Å²) < 4.78 is 14.9. The van der Waals surface area contributed by atoms with Gasteiger partial charge in [-0.25, -0.2) is 4.57 Å². The predicted octanol–water partition coefficient (Wildman–Crippen LogP) is 2.58. The second kappa shape index (κ2) is 5.43. The first-order valence-electron chi connectivity index (χ1n) is 4.28.